The summed E-state index contributed by atoms with van der Waals surface area (Å²) >= 11 is 0. The second-order valence-electron chi connectivity index (χ2n) is 4.31. The smallest absolute Gasteiger partial charge is 0.0142 e. The molecule has 0 unspecified atom stereocenters. The highest BCUT2D eigenvalue weighted by molar-refractivity contribution is 5.06. The van der Waals surface area contributed by atoms with Gasteiger partial charge in [-0.15, -0.1) is 6.58 Å². The first-order valence-corrected chi connectivity index (χ1v) is 6.63. The Hall–Kier alpha value is -0.520. The lowest BCUT2D eigenvalue weighted by Crippen LogP contribution is -1.84. The Balaban J connectivity index is 3.67. The molecule has 0 aliphatic carbocycles. The van der Waals surface area contributed by atoms with Gasteiger partial charge in [0.2, 0.25) is 0 Å². The highest BCUT2D eigenvalue weighted by Crippen LogP contribution is 2.14. The molecule has 0 saturated heterocycles. The third kappa shape index (κ3) is 9.78. The largest absolute Gasteiger partial charge is 0.103 e. The summed E-state index contributed by atoms with van der Waals surface area (Å²) in [6.45, 7) is 8.35. The Kier molecular flexibility index (Phi) is 11.2. The van der Waals surface area contributed by atoms with Gasteiger partial charge in [0.1, 0.15) is 0 Å². The zero-order valence-electron chi connectivity index (χ0n) is 10.7. The molecule has 0 aliphatic rings. The molecule has 0 aromatic carbocycles. The molecule has 88 valence electrons. The number of hydrogen-bond donors (Lipinski definition) is 0. The lowest BCUT2D eigenvalue weighted by Gasteiger charge is -2.04. The molecule has 0 amide bonds. The van der Waals surface area contributed by atoms with Gasteiger partial charge in [-0.2, -0.15) is 0 Å². The molecule has 0 aliphatic heterocycles. The Morgan fingerprint density at radius 3 is 2.33 bits per heavy atom. The first-order valence-electron chi connectivity index (χ1n) is 6.63. The number of allylic oxidation sites excluding steroid dienone is 3. The van der Waals surface area contributed by atoms with Gasteiger partial charge in [-0.05, 0) is 32.1 Å². The standard InChI is InChI=1S/C15H28/c1-4-7-9-10-11-14-15(12-6-3)13-8-5-2/h6,14H,3-5,7-13H2,1-2H3. The lowest BCUT2D eigenvalue weighted by molar-refractivity contribution is 0.670. The van der Waals surface area contributed by atoms with E-state index in [1.807, 2.05) is 6.08 Å². The van der Waals surface area contributed by atoms with Crippen molar-refractivity contribution in [2.75, 3.05) is 0 Å². The van der Waals surface area contributed by atoms with E-state index >= 15 is 0 Å². The zero-order chi connectivity index (χ0) is 11.4. The Bertz CT molecular complexity index is 165. The quantitative estimate of drug-likeness (QED) is 0.321. The predicted molar refractivity (Wildman–Crippen MR) is 71.2 cm³/mol. The molecule has 0 atom stereocenters. The normalized spacial score (nSPS) is 11.7. The van der Waals surface area contributed by atoms with E-state index in [1.54, 1.807) is 5.57 Å². The van der Waals surface area contributed by atoms with Gasteiger partial charge in [-0.3, -0.25) is 0 Å². The fourth-order valence-corrected chi connectivity index (χ4v) is 1.75. The Morgan fingerprint density at radius 1 is 1.00 bits per heavy atom. The van der Waals surface area contributed by atoms with Crippen molar-refractivity contribution in [3.05, 3.63) is 24.3 Å². The fraction of sp³-hybridized carbons (Fsp3) is 0.733. The molecule has 0 aromatic heterocycles. The lowest BCUT2D eigenvalue weighted by atomic mass is 10.0. The van der Waals surface area contributed by atoms with E-state index in [0.29, 0.717) is 0 Å². The van der Waals surface area contributed by atoms with Crippen molar-refractivity contribution in [1.82, 2.24) is 0 Å². The van der Waals surface area contributed by atoms with Crippen LogP contribution in [0.2, 0.25) is 0 Å². The van der Waals surface area contributed by atoms with E-state index < -0.39 is 0 Å². The SMILES string of the molecule is C=CCC(=CCCCCCC)CCCC. The molecule has 0 saturated carbocycles. The molecule has 0 heteroatoms. The first-order chi connectivity index (χ1) is 7.35. The number of hydrogen-bond acceptors (Lipinski definition) is 0. The van der Waals surface area contributed by atoms with Gasteiger partial charge in [0.15, 0.2) is 0 Å². The van der Waals surface area contributed by atoms with Gasteiger partial charge >= 0.3 is 0 Å². The summed E-state index contributed by atoms with van der Waals surface area (Å²) < 4.78 is 0. The van der Waals surface area contributed by atoms with Gasteiger partial charge in [0.05, 0.1) is 0 Å². The summed E-state index contributed by atoms with van der Waals surface area (Å²) in [5.74, 6) is 0. The van der Waals surface area contributed by atoms with Crippen LogP contribution in [-0.2, 0) is 0 Å². The van der Waals surface area contributed by atoms with Crippen LogP contribution in [0.15, 0.2) is 24.3 Å². The highest BCUT2D eigenvalue weighted by Gasteiger charge is 1.94. The maximum Gasteiger partial charge on any atom is -0.0142 e. The first kappa shape index (κ1) is 14.5. The number of rotatable bonds is 10. The summed E-state index contributed by atoms with van der Waals surface area (Å²) in [6.07, 6.45) is 16.2. The van der Waals surface area contributed by atoms with E-state index in [2.05, 4.69) is 26.5 Å². The second kappa shape index (κ2) is 11.6. The molecule has 0 fully saturated rings. The summed E-state index contributed by atoms with van der Waals surface area (Å²) in [7, 11) is 0. The van der Waals surface area contributed by atoms with E-state index in [-0.39, 0.29) is 0 Å². The highest BCUT2D eigenvalue weighted by atomic mass is 14.0. The van der Waals surface area contributed by atoms with Crippen molar-refractivity contribution < 1.29 is 0 Å². The second-order valence-corrected chi connectivity index (χ2v) is 4.31. The van der Waals surface area contributed by atoms with Crippen LogP contribution in [0.4, 0.5) is 0 Å². The van der Waals surface area contributed by atoms with E-state index in [1.165, 1.54) is 51.4 Å². The van der Waals surface area contributed by atoms with E-state index in [9.17, 15) is 0 Å². The van der Waals surface area contributed by atoms with Crippen LogP contribution in [-0.4, -0.2) is 0 Å². The van der Waals surface area contributed by atoms with Crippen molar-refractivity contribution in [1.29, 1.82) is 0 Å². The van der Waals surface area contributed by atoms with Gasteiger partial charge in [0, 0.05) is 0 Å². The maximum atomic E-state index is 3.83. The third-order valence-electron chi connectivity index (χ3n) is 2.75. The summed E-state index contributed by atoms with van der Waals surface area (Å²) in [4.78, 5) is 0. The van der Waals surface area contributed by atoms with Crippen LogP contribution >= 0.6 is 0 Å². The molecule has 0 nitrogen and oxygen atoms in total. The topological polar surface area (TPSA) is 0 Å². The predicted octanol–water partition coefficient (Wildman–Crippen LogP) is 5.65. The summed E-state index contributed by atoms with van der Waals surface area (Å²) in [5.41, 5.74) is 1.60. The van der Waals surface area contributed by atoms with Crippen LogP contribution in [0.25, 0.3) is 0 Å². The molecular weight excluding hydrogens is 180 g/mol. The minimum Gasteiger partial charge on any atom is -0.103 e. The number of unbranched alkanes of at least 4 members (excludes halogenated alkanes) is 5. The van der Waals surface area contributed by atoms with Crippen molar-refractivity contribution >= 4 is 0 Å². The van der Waals surface area contributed by atoms with Crippen molar-refractivity contribution in [3.8, 4) is 0 Å². The van der Waals surface area contributed by atoms with Crippen molar-refractivity contribution in [3.63, 3.8) is 0 Å². The monoisotopic (exact) mass is 208 g/mol. The van der Waals surface area contributed by atoms with Crippen molar-refractivity contribution in [2.24, 2.45) is 0 Å². The van der Waals surface area contributed by atoms with Gasteiger partial charge in [0.25, 0.3) is 0 Å². The van der Waals surface area contributed by atoms with Crippen LogP contribution in [0.3, 0.4) is 0 Å². The summed E-state index contributed by atoms with van der Waals surface area (Å²) in [5, 5.41) is 0. The molecule has 0 N–H and O–H groups in total. The maximum absolute atomic E-state index is 3.83. The fourth-order valence-electron chi connectivity index (χ4n) is 1.75. The molecule has 0 spiro atoms. The molecule has 15 heavy (non-hydrogen) atoms. The van der Waals surface area contributed by atoms with Gasteiger partial charge in [-0.25, -0.2) is 0 Å². The molecule has 0 aromatic rings. The van der Waals surface area contributed by atoms with E-state index in [0.717, 1.165) is 6.42 Å². The van der Waals surface area contributed by atoms with Crippen molar-refractivity contribution in [2.45, 2.75) is 71.6 Å². The minimum absolute atomic E-state index is 1.09. The minimum atomic E-state index is 1.09. The zero-order valence-corrected chi connectivity index (χ0v) is 10.7. The third-order valence-corrected chi connectivity index (χ3v) is 2.75. The summed E-state index contributed by atoms with van der Waals surface area (Å²) in [6, 6.07) is 0. The Morgan fingerprint density at radius 2 is 1.73 bits per heavy atom. The molecule has 0 radical (unpaired) electrons. The van der Waals surface area contributed by atoms with Gasteiger partial charge in [-0.1, -0.05) is 57.3 Å². The van der Waals surface area contributed by atoms with Crippen LogP contribution in [0.1, 0.15) is 71.6 Å². The average molecular weight is 208 g/mol. The van der Waals surface area contributed by atoms with Crippen LogP contribution in [0.5, 0.6) is 0 Å². The Labute approximate surface area is 96.5 Å². The van der Waals surface area contributed by atoms with Crippen LogP contribution < -0.4 is 0 Å². The molecule has 0 heterocycles. The van der Waals surface area contributed by atoms with Gasteiger partial charge < -0.3 is 0 Å². The van der Waals surface area contributed by atoms with Crippen LogP contribution in [0, 0.1) is 0 Å². The molecule has 0 rings (SSSR count). The average Bonchev–Trinajstić information content (AvgIpc) is 2.25. The molecule has 0 bridgehead atoms. The van der Waals surface area contributed by atoms with E-state index in [4.69, 9.17) is 0 Å². The molecular formula is C15H28.